The van der Waals surface area contributed by atoms with E-state index in [2.05, 4.69) is 58.4 Å². The second-order valence-electron chi connectivity index (χ2n) is 3.40. The summed E-state index contributed by atoms with van der Waals surface area (Å²) in [5.41, 5.74) is 1.30. The van der Waals surface area contributed by atoms with Crippen LogP contribution in [0.2, 0.25) is 0 Å². The molecule has 0 heterocycles. The van der Waals surface area contributed by atoms with Crippen LogP contribution in [-0.4, -0.2) is 6.54 Å². The third-order valence-corrected chi connectivity index (χ3v) is 2.83. The molecule has 0 aliphatic heterocycles. The summed E-state index contributed by atoms with van der Waals surface area (Å²) in [4.78, 5) is 0. The van der Waals surface area contributed by atoms with Gasteiger partial charge < -0.3 is 5.32 Å². The van der Waals surface area contributed by atoms with Crippen molar-refractivity contribution in [1.29, 1.82) is 0 Å². The molecule has 1 unspecified atom stereocenters. The molecule has 0 saturated carbocycles. The van der Waals surface area contributed by atoms with E-state index < -0.39 is 0 Å². The van der Waals surface area contributed by atoms with E-state index in [9.17, 15) is 0 Å². The van der Waals surface area contributed by atoms with Crippen LogP contribution >= 0.6 is 15.9 Å². The zero-order valence-electron chi connectivity index (χ0n) is 8.96. The van der Waals surface area contributed by atoms with E-state index in [4.69, 9.17) is 6.42 Å². The highest BCUT2D eigenvalue weighted by molar-refractivity contribution is 9.10. The zero-order chi connectivity index (χ0) is 11.1. The van der Waals surface area contributed by atoms with Gasteiger partial charge >= 0.3 is 0 Å². The van der Waals surface area contributed by atoms with Crippen LogP contribution in [0, 0.1) is 12.3 Å². The lowest BCUT2D eigenvalue weighted by Gasteiger charge is -2.17. The Labute approximate surface area is 100 Å². The van der Waals surface area contributed by atoms with Crippen LogP contribution < -0.4 is 5.32 Å². The summed E-state index contributed by atoms with van der Waals surface area (Å²) in [6, 6.07) is 8.77. The summed E-state index contributed by atoms with van der Waals surface area (Å²) in [5, 5.41) is 3.44. The largest absolute Gasteiger partial charge is 0.310 e. The lowest BCUT2D eigenvalue weighted by molar-refractivity contribution is 0.522. The smallest absolute Gasteiger partial charge is 0.0329 e. The van der Waals surface area contributed by atoms with Crippen LogP contribution in [0.25, 0.3) is 0 Å². The highest BCUT2D eigenvalue weighted by Crippen LogP contribution is 2.20. The van der Waals surface area contributed by atoms with Crippen molar-refractivity contribution in [3.63, 3.8) is 0 Å². The van der Waals surface area contributed by atoms with Crippen molar-refractivity contribution in [2.45, 2.75) is 25.8 Å². The second-order valence-corrected chi connectivity index (χ2v) is 4.32. The lowest BCUT2D eigenvalue weighted by Crippen LogP contribution is -2.20. The quantitative estimate of drug-likeness (QED) is 0.804. The van der Waals surface area contributed by atoms with Gasteiger partial charge in [-0.05, 0) is 30.7 Å². The first kappa shape index (κ1) is 12.3. The fourth-order valence-electron chi connectivity index (χ4n) is 1.56. The van der Waals surface area contributed by atoms with Gasteiger partial charge in [0, 0.05) is 16.9 Å². The van der Waals surface area contributed by atoms with Crippen molar-refractivity contribution in [3.05, 3.63) is 34.3 Å². The maximum absolute atomic E-state index is 5.29. The van der Waals surface area contributed by atoms with Crippen molar-refractivity contribution >= 4 is 15.9 Å². The Kier molecular flexibility index (Phi) is 5.45. The molecule has 0 aliphatic rings. The van der Waals surface area contributed by atoms with E-state index in [-0.39, 0.29) is 0 Å². The molecule has 0 saturated heterocycles. The third-order valence-electron chi connectivity index (χ3n) is 2.30. The molecule has 0 aromatic heterocycles. The van der Waals surface area contributed by atoms with Crippen LogP contribution in [0.5, 0.6) is 0 Å². The predicted molar refractivity (Wildman–Crippen MR) is 68.6 cm³/mol. The molecule has 0 radical (unpaired) electrons. The van der Waals surface area contributed by atoms with E-state index in [1.54, 1.807) is 0 Å². The summed E-state index contributed by atoms with van der Waals surface area (Å²) in [7, 11) is 0. The van der Waals surface area contributed by atoms with Crippen molar-refractivity contribution < 1.29 is 0 Å². The Morgan fingerprint density at radius 2 is 2.07 bits per heavy atom. The highest BCUT2D eigenvalue weighted by atomic mass is 79.9. The molecule has 2 heteroatoms. The monoisotopic (exact) mass is 265 g/mol. The van der Waals surface area contributed by atoms with Gasteiger partial charge in [-0.15, -0.1) is 12.3 Å². The first-order chi connectivity index (χ1) is 7.27. The molecular weight excluding hydrogens is 250 g/mol. The van der Waals surface area contributed by atoms with E-state index >= 15 is 0 Å². The first-order valence-corrected chi connectivity index (χ1v) is 5.99. The highest BCUT2D eigenvalue weighted by Gasteiger charge is 2.08. The van der Waals surface area contributed by atoms with E-state index in [1.165, 1.54) is 5.56 Å². The van der Waals surface area contributed by atoms with Gasteiger partial charge in [-0.1, -0.05) is 35.0 Å². The van der Waals surface area contributed by atoms with Crippen molar-refractivity contribution in [2.75, 3.05) is 6.54 Å². The molecule has 0 spiro atoms. The molecule has 15 heavy (non-hydrogen) atoms. The van der Waals surface area contributed by atoms with Crippen LogP contribution in [0.3, 0.4) is 0 Å². The van der Waals surface area contributed by atoms with Crippen molar-refractivity contribution in [2.24, 2.45) is 0 Å². The molecule has 0 bridgehead atoms. The minimum absolute atomic E-state index is 0.374. The molecule has 80 valence electrons. The first-order valence-electron chi connectivity index (χ1n) is 5.20. The van der Waals surface area contributed by atoms with Crippen molar-refractivity contribution in [3.8, 4) is 12.3 Å². The normalized spacial score (nSPS) is 12.1. The number of hydrogen-bond acceptors (Lipinski definition) is 1. The fourth-order valence-corrected chi connectivity index (χ4v) is 1.82. The minimum atomic E-state index is 0.374. The van der Waals surface area contributed by atoms with E-state index in [0.717, 1.165) is 23.9 Å². The molecule has 1 rings (SSSR count). The number of hydrogen-bond donors (Lipinski definition) is 1. The van der Waals surface area contributed by atoms with E-state index in [0.29, 0.717) is 6.04 Å². The maximum atomic E-state index is 5.29. The summed E-state index contributed by atoms with van der Waals surface area (Å²) in [6.45, 7) is 3.08. The topological polar surface area (TPSA) is 12.0 Å². The number of nitrogens with one attached hydrogen (secondary N) is 1. The summed E-state index contributed by atoms with van der Waals surface area (Å²) in [6.07, 6.45) is 7.10. The molecule has 1 aromatic rings. The van der Waals surface area contributed by atoms with Gasteiger partial charge in [0.25, 0.3) is 0 Å². The van der Waals surface area contributed by atoms with Gasteiger partial charge in [0.15, 0.2) is 0 Å². The standard InChI is InChI=1S/C13H16BrN/c1-3-5-6-13(15-4-2)11-7-9-12(14)10-8-11/h1,7-10,13,15H,4-6H2,2H3. The van der Waals surface area contributed by atoms with Gasteiger partial charge in [-0.25, -0.2) is 0 Å². The maximum Gasteiger partial charge on any atom is 0.0329 e. The minimum Gasteiger partial charge on any atom is -0.310 e. The van der Waals surface area contributed by atoms with E-state index in [1.807, 2.05) is 0 Å². The zero-order valence-corrected chi connectivity index (χ0v) is 10.5. The third kappa shape index (κ3) is 4.07. The number of terminal acetylenes is 1. The second kappa shape index (κ2) is 6.66. The molecule has 1 atom stereocenters. The SMILES string of the molecule is C#CCCC(NCC)c1ccc(Br)cc1. The van der Waals surface area contributed by atoms with Gasteiger partial charge in [0.1, 0.15) is 0 Å². The van der Waals surface area contributed by atoms with Crippen LogP contribution in [0.1, 0.15) is 31.4 Å². The Morgan fingerprint density at radius 3 is 2.60 bits per heavy atom. The average molecular weight is 266 g/mol. The number of rotatable bonds is 5. The Balaban J connectivity index is 2.70. The Morgan fingerprint density at radius 1 is 1.40 bits per heavy atom. The Bertz CT molecular complexity index is 323. The number of halogens is 1. The van der Waals surface area contributed by atoms with Gasteiger partial charge in [-0.3, -0.25) is 0 Å². The average Bonchev–Trinajstić information content (AvgIpc) is 2.25. The van der Waals surface area contributed by atoms with Gasteiger partial charge in [-0.2, -0.15) is 0 Å². The molecular formula is C13H16BrN. The number of benzene rings is 1. The fraction of sp³-hybridized carbons (Fsp3) is 0.385. The molecule has 0 amide bonds. The van der Waals surface area contributed by atoms with Crippen LogP contribution in [0.15, 0.2) is 28.7 Å². The predicted octanol–water partition coefficient (Wildman–Crippen LogP) is 3.51. The lowest BCUT2D eigenvalue weighted by atomic mass is 10.0. The van der Waals surface area contributed by atoms with Gasteiger partial charge in [0.2, 0.25) is 0 Å². The van der Waals surface area contributed by atoms with Crippen LogP contribution in [-0.2, 0) is 0 Å². The van der Waals surface area contributed by atoms with Crippen molar-refractivity contribution in [1.82, 2.24) is 5.32 Å². The molecule has 0 aliphatic carbocycles. The van der Waals surface area contributed by atoms with Crippen LogP contribution in [0.4, 0.5) is 0 Å². The molecule has 1 nitrogen and oxygen atoms in total. The Hall–Kier alpha value is -0.780. The molecule has 0 fully saturated rings. The molecule has 1 aromatic carbocycles. The summed E-state index contributed by atoms with van der Waals surface area (Å²) in [5.74, 6) is 2.69. The van der Waals surface area contributed by atoms with Gasteiger partial charge in [0.05, 0.1) is 0 Å². The molecule has 1 N–H and O–H groups in total. The summed E-state index contributed by atoms with van der Waals surface area (Å²) < 4.78 is 1.11. The summed E-state index contributed by atoms with van der Waals surface area (Å²) >= 11 is 3.43.